The van der Waals surface area contributed by atoms with Gasteiger partial charge in [0.15, 0.2) is 0 Å². The fourth-order valence-corrected chi connectivity index (χ4v) is 2.78. The highest BCUT2D eigenvalue weighted by molar-refractivity contribution is 6.09. The van der Waals surface area contributed by atoms with Crippen molar-refractivity contribution in [1.82, 2.24) is 4.90 Å². The summed E-state index contributed by atoms with van der Waals surface area (Å²) in [6.45, 7) is 0.353. The third-order valence-corrected chi connectivity index (χ3v) is 4.01. The topological polar surface area (TPSA) is 74.7 Å². The van der Waals surface area contributed by atoms with Crippen LogP contribution in [-0.4, -0.2) is 39.5 Å². The van der Waals surface area contributed by atoms with E-state index < -0.39 is 41.3 Å². The third-order valence-electron chi connectivity index (χ3n) is 4.01. The lowest BCUT2D eigenvalue weighted by atomic mass is 9.99. The molecule has 1 N–H and O–H groups in total. The van der Waals surface area contributed by atoms with Gasteiger partial charge in [0.05, 0.1) is 11.8 Å². The number of fused-ring (bicyclic) bond motifs is 1. The van der Waals surface area contributed by atoms with E-state index in [1.165, 1.54) is 0 Å². The fourth-order valence-electron chi connectivity index (χ4n) is 2.78. The zero-order valence-electron chi connectivity index (χ0n) is 10.0. The molecule has 19 heavy (non-hydrogen) atoms. The summed E-state index contributed by atoms with van der Waals surface area (Å²) >= 11 is 0. The highest BCUT2D eigenvalue weighted by Gasteiger charge is 2.68. The van der Waals surface area contributed by atoms with Crippen LogP contribution in [0.1, 0.15) is 26.2 Å². The average molecular weight is 279 g/mol. The van der Waals surface area contributed by atoms with E-state index in [0.29, 0.717) is 26.2 Å². The normalized spacial score (nSPS) is 30.4. The predicted molar refractivity (Wildman–Crippen MR) is 54.8 cm³/mol. The first-order valence-electron chi connectivity index (χ1n) is 5.80. The number of hydrogen-bond donors (Lipinski definition) is 1. The lowest BCUT2D eigenvalue weighted by molar-refractivity contribution is -0.230. The summed E-state index contributed by atoms with van der Waals surface area (Å²) in [5.74, 6) is -5.88. The number of carboxylic acid groups (broad SMARTS) is 1. The molecule has 2 aliphatic rings. The van der Waals surface area contributed by atoms with Gasteiger partial charge in [-0.15, -0.1) is 0 Å². The molecule has 2 fully saturated rings. The lowest BCUT2D eigenvalue weighted by Gasteiger charge is -2.35. The van der Waals surface area contributed by atoms with E-state index in [-0.39, 0.29) is 4.90 Å². The average Bonchev–Trinajstić information content (AvgIpc) is 2.82. The van der Waals surface area contributed by atoms with E-state index >= 15 is 0 Å². The molecule has 1 saturated carbocycles. The maximum atomic E-state index is 13.0. The summed E-state index contributed by atoms with van der Waals surface area (Å²) in [6.07, 6.45) is -3.96. The molecule has 1 aliphatic heterocycles. The van der Waals surface area contributed by atoms with Crippen molar-refractivity contribution in [2.45, 2.75) is 37.9 Å². The molecule has 106 valence electrons. The van der Waals surface area contributed by atoms with E-state index in [1.54, 1.807) is 0 Å². The molecule has 1 heterocycles. The van der Waals surface area contributed by atoms with Crippen molar-refractivity contribution in [3.8, 4) is 0 Å². The summed E-state index contributed by atoms with van der Waals surface area (Å²) in [7, 11) is 0. The van der Waals surface area contributed by atoms with Crippen molar-refractivity contribution >= 4 is 17.8 Å². The standard InChI is InChI=1S/C11H12F3NO4/c1-10(9(18)19,11(12,13)14)15-7(16)5-3-2-4-6(5)8(15)17/h5-6H,2-4H2,1H3,(H,18,19). The van der Waals surface area contributed by atoms with Gasteiger partial charge in [-0.25, -0.2) is 4.79 Å². The van der Waals surface area contributed by atoms with Crippen molar-refractivity contribution in [3.05, 3.63) is 0 Å². The van der Waals surface area contributed by atoms with E-state index in [2.05, 4.69) is 0 Å². The van der Waals surface area contributed by atoms with Gasteiger partial charge in [0.25, 0.3) is 0 Å². The second-order valence-electron chi connectivity index (χ2n) is 5.03. The van der Waals surface area contributed by atoms with Crippen molar-refractivity contribution in [1.29, 1.82) is 0 Å². The van der Waals surface area contributed by atoms with E-state index in [0.717, 1.165) is 0 Å². The molecule has 8 heteroatoms. The molecule has 5 nitrogen and oxygen atoms in total. The second-order valence-corrected chi connectivity index (χ2v) is 5.03. The molecule has 1 saturated heterocycles. The number of imide groups is 1. The van der Waals surface area contributed by atoms with Crippen molar-refractivity contribution < 1.29 is 32.7 Å². The number of likely N-dealkylation sites (tertiary alicyclic amines) is 1. The Morgan fingerprint density at radius 2 is 1.63 bits per heavy atom. The van der Waals surface area contributed by atoms with Gasteiger partial charge in [0.2, 0.25) is 17.4 Å². The SMILES string of the molecule is CC(C(=O)O)(N1C(=O)C2CCCC2C1=O)C(F)(F)F. The van der Waals surface area contributed by atoms with Gasteiger partial charge in [-0.2, -0.15) is 13.2 Å². The second kappa shape index (κ2) is 3.94. The smallest absolute Gasteiger partial charge is 0.422 e. The van der Waals surface area contributed by atoms with E-state index in [9.17, 15) is 27.6 Å². The Balaban J connectivity index is 2.48. The number of alkyl halides is 3. The van der Waals surface area contributed by atoms with Gasteiger partial charge in [-0.3, -0.25) is 14.5 Å². The Morgan fingerprint density at radius 3 is 1.95 bits per heavy atom. The monoisotopic (exact) mass is 279 g/mol. The van der Waals surface area contributed by atoms with Gasteiger partial charge >= 0.3 is 12.1 Å². The van der Waals surface area contributed by atoms with Crippen LogP contribution in [0.4, 0.5) is 13.2 Å². The Labute approximate surface area is 106 Å². The first-order valence-corrected chi connectivity index (χ1v) is 5.80. The molecule has 0 aromatic carbocycles. The van der Waals surface area contributed by atoms with Crippen LogP contribution in [0.25, 0.3) is 0 Å². The molecule has 3 unspecified atom stereocenters. The van der Waals surface area contributed by atoms with Crippen LogP contribution in [-0.2, 0) is 14.4 Å². The molecular formula is C11H12F3NO4. The van der Waals surface area contributed by atoms with E-state index in [4.69, 9.17) is 5.11 Å². The number of carbonyl (C=O) groups is 3. The molecule has 1 aliphatic carbocycles. The van der Waals surface area contributed by atoms with Crippen LogP contribution in [0.2, 0.25) is 0 Å². The van der Waals surface area contributed by atoms with Gasteiger partial charge in [0, 0.05) is 0 Å². The zero-order valence-corrected chi connectivity index (χ0v) is 10.0. The Bertz CT molecular complexity index is 439. The molecule has 0 bridgehead atoms. The highest BCUT2D eigenvalue weighted by atomic mass is 19.4. The lowest BCUT2D eigenvalue weighted by Crippen LogP contribution is -2.64. The van der Waals surface area contributed by atoms with Crippen molar-refractivity contribution in [2.75, 3.05) is 0 Å². The maximum absolute atomic E-state index is 13.0. The van der Waals surface area contributed by atoms with Crippen LogP contribution in [0.3, 0.4) is 0 Å². The number of nitrogens with zero attached hydrogens (tertiary/aromatic N) is 1. The van der Waals surface area contributed by atoms with Gasteiger partial charge in [-0.05, 0) is 19.8 Å². The fraction of sp³-hybridized carbons (Fsp3) is 0.727. The number of aliphatic carboxylic acids is 1. The number of halogens is 3. The quantitative estimate of drug-likeness (QED) is 0.770. The molecule has 0 radical (unpaired) electrons. The third kappa shape index (κ3) is 1.65. The summed E-state index contributed by atoms with van der Waals surface area (Å²) in [6, 6.07) is 0. The summed E-state index contributed by atoms with van der Waals surface area (Å²) in [4.78, 5) is 34.8. The van der Waals surface area contributed by atoms with Gasteiger partial charge in [-0.1, -0.05) is 6.42 Å². The minimum absolute atomic E-state index is 0.0934. The largest absolute Gasteiger partial charge is 0.479 e. The number of hydrogen-bond acceptors (Lipinski definition) is 3. The molecular weight excluding hydrogens is 267 g/mol. The van der Waals surface area contributed by atoms with Crippen LogP contribution in [0.5, 0.6) is 0 Å². The molecule has 0 aromatic heterocycles. The first kappa shape index (κ1) is 13.8. The highest BCUT2D eigenvalue weighted by Crippen LogP contribution is 2.46. The summed E-state index contributed by atoms with van der Waals surface area (Å²) in [5.41, 5.74) is -3.49. The minimum Gasteiger partial charge on any atom is -0.479 e. The number of carboxylic acids is 1. The molecule has 2 rings (SSSR count). The zero-order chi connectivity index (χ0) is 14.6. The van der Waals surface area contributed by atoms with Crippen LogP contribution in [0, 0.1) is 11.8 Å². The predicted octanol–water partition coefficient (Wildman–Crippen LogP) is 1.18. The molecule has 2 amide bonds. The van der Waals surface area contributed by atoms with Crippen LogP contribution < -0.4 is 0 Å². The summed E-state index contributed by atoms with van der Waals surface area (Å²) in [5, 5.41) is 8.86. The van der Waals surface area contributed by atoms with Gasteiger partial charge < -0.3 is 5.11 Å². The van der Waals surface area contributed by atoms with Gasteiger partial charge in [0.1, 0.15) is 0 Å². The van der Waals surface area contributed by atoms with Crippen molar-refractivity contribution in [3.63, 3.8) is 0 Å². The maximum Gasteiger partial charge on any atom is 0.422 e. The number of rotatable bonds is 2. The number of amides is 2. The Kier molecular flexibility index (Phi) is 2.87. The van der Waals surface area contributed by atoms with Crippen LogP contribution in [0.15, 0.2) is 0 Å². The summed E-state index contributed by atoms with van der Waals surface area (Å²) < 4.78 is 39.0. The Morgan fingerprint density at radius 1 is 1.21 bits per heavy atom. The Hall–Kier alpha value is -1.60. The molecule has 3 atom stereocenters. The van der Waals surface area contributed by atoms with Crippen molar-refractivity contribution in [2.24, 2.45) is 11.8 Å². The molecule has 0 aromatic rings. The van der Waals surface area contributed by atoms with E-state index in [1.807, 2.05) is 0 Å². The minimum atomic E-state index is -5.22. The first-order chi connectivity index (χ1) is 8.62. The number of carbonyl (C=O) groups excluding carboxylic acids is 2. The molecule has 0 spiro atoms. The van der Waals surface area contributed by atoms with Crippen LogP contribution >= 0.6 is 0 Å².